The van der Waals surface area contributed by atoms with E-state index in [9.17, 15) is 4.79 Å². The van der Waals surface area contributed by atoms with E-state index in [2.05, 4.69) is 13.8 Å². The zero-order chi connectivity index (χ0) is 14.0. The summed E-state index contributed by atoms with van der Waals surface area (Å²) in [5.41, 5.74) is 5.70. The van der Waals surface area contributed by atoms with Gasteiger partial charge < -0.3 is 15.2 Å². The molecular weight excluding hydrogens is 230 g/mol. The quantitative estimate of drug-likeness (QED) is 0.612. The number of hydrogen-bond donors (Lipinski definition) is 1. The number of carbonyl (C=O) groups excluding carboxylic acids is 1. The summed E-state index contributed by atoms with van der Waals surface area (Å²) >= 11 is 0. The number of nitrogens with two attached hydrogens (primary N) is 1. The second kappa shape index (κ2) is 10.3. The van der Waals surface area contributed by atoms with E-state index in [1.165, 1.54) is 7.11 Å². The Morgan fingerprint density at radius 2 is 2.00 bits per heavy atom. The van der Waals surface area contributed by atoms with E-state index in [1.54, 1.807) is 0 Å². The molecule has 0 spiro atoms. The first-order valence-corrected chi connectivity index (χ1v) is 6.98. The molecule has 0 aliphatic rings. The molecule has 0 aromatic heterocycles. The van der Waals surface area contributed by atoms with E-state index < -0.39 is 0 Å². The van der Waals surface area contributed by atoms with Gasteiger partial charge in [0.15, 0.2) is 0 Å². The predicted molar refractivity (Wildman–Crippen MR) is 73.3 cm³/mol. The van der Waals surface area contributed by atoms with Gasteiger partial charge in [0.2, 0.25) is 0 Å². The molecule has 2 N–H and O–H groups in total. The van der Waals surface area contributed by atoms with Crippen LogP contribution >= 0.6 is 0 Å². The van der Waals surface area contributed by atoms with Crippen molar-refractivity contribution in [3.05, 3.63) is 0 Å². The molecule has 0 saturated carbocycles. The molecule has 0 heterocycles. The van der Waals surface area contributed by atoms with Crippen molar-refractivity contribution in [2.24, 2.45) is 17.6 Å². The summed E-state index contributed by atoms with van der Waals surface area (Å²) in [6, 6.07) is 0. The van der Waals surface area contributed by atoms with Gasteiger partial charge in [-0.25, -0.2) is 0 Å². The molecule has 0 rings (SSSR count). The molecule has 3 unspecified atom stereocenters. The molecule has 0 radical (unpaired) electrons. The normalized spacial score (nSPS) is 16.1. The van der Waals surface area contributed by atoms with Crippen LogP contribution in [0.25, 0.3) is 0 Å². The summed E-state index contributed by atoms with van der Waals surface area (Å²) in [4.78, 5) is 11.4. The smallest absolute Gasteiger partial charge is 0.308 e. The summed E-state index contributed by atoms with van der Waals surface area (Å²) in [5.74, 6) is 0.154. The molecule has 0 amide bonds. The Balaban J connectivity index is 4.06. The number of carbonyl (C=O) groups is 1. The number of ether oxygens (including phenoxy) is 2. The minimum absolute atomic E-state index is 0.109. The molecule has 108 valence electrons. The van der Waals surface area contributed by atoms with Crippen LogP contribution in [0, 0.1) is 11.8 Å². The average Bonchev–Trinajstić information content (AvgIpc) is 2.40. The van der Waals surface area contributed by atoms with Crippen molar-refractivity contribution in [3.63, 3.8) is 0 Å². The summed E-state index contributed by atoms with van der Waals surface area (Å²) in [6.07, 6.45) is 3.96. The lowest BCUT2D eigenvalue weighted by Gasteiger charge is -2.22. The third-order valence-electron chi connectivity index (χ3n) is 3.27. The van der Waals surface area contributed by atoms with Crippen molar-refractivity contribution in [1.82, 2.24) is 0 Å². The van der Waals surface area contributed by atoms with Gasteiger partial charge in [-0.05, 0) is 31.7 Å². The third kappa shape index (κ3) is 6.97. The highest BCUT2D eigenvalue weighted by Crippen LogP contribution is 2.15. The van der Waals surface area contributed by atoms with E-state index in [-0.39, 0.29) is 18.0 Å². The van der Waals surface area contributed by atoms with Crippen molar-refractivity contribution in [3.8, 4) is 0 Å². The van der Waals surface area contributed by atoms with E-state index >= 15 is 0 Å². The Labute approximate surface area is 111 Å². The van der Waals surface area contributed by atoms with Gasteiger partial charge in [0.25, 0.3) is 0 Å². The second-order valence-electron chi connectivity index (χ2n) is 4.91. The van der Waals surface area contributed by atoms with Gasteiger partial charge in [0, 0.05) is 0 Å². The first kappa shape index (κ1) is 17.4. The van der Waals surface area contributed by atoms with E-state index in [1.807, 2.05) is 6.92 Å². The zero-order valence-corrected chi connectivity index (χ0v) is 12.3. The third-order valence-corrected chi connectivity index (χ3v) is 3.27. The fourth-order valence-corrected chi connectivity index (χ4v) is 1.99. The largest absolute Gasteiger partial charge is 0.469 e. The summed E-state index contributed by atoms with van der Waals surface area (Å²) < 4.78 is 10.6. The van der Waals surface area contributed by atoms with E-state index in [0.717, 1.165) is 19.3 Å². The maximum absolute atomic E-state index is 11.4. The van der Waals surface area contributed by atoms with Crippen LogP contribution in [0.1, 0.15) is 46.5 Å². The molecule has 0 saturated heterocycles. The van der Waals surface area contributed by atoms with Crippen molar-refractivity contribution in [2.45, 2.75) is 52.6 Å². The highest BCUT2D eigenvalue weighted by molar-refractivity contribution is 5.71. The molecular formula is C14H29NO3. The summed E-state index contributed by atoms with van der Waals surface area (Å²) in [5, 5.41) is 0. The molecule has 0 aliphatic heterocycles. The van der Waals surface area contributed by atoms with Gasteiger partial charge in [-0.3, -0.25) is 4.79 Å². The fraction of sp³-hybridized carbons (Fsp3) is 0.929. The van der Waals surface area contributed by atoms with E-state index in [4.69, 9.17) is 15.2 Å². The minimum Gasteiger partial charge on any atom is -0.469 e. The first-order valence-electron chi connectivity index (χ1n) is 6.98. The van der Waals surface area contributed by atoms with Gasteiger partial charge in [0.05, 0.1) is 25.7 Å². The maximum Gasteiger partial charge on any atom is 0.308 e. The van der Waals surface area contributed by atoms with Gasteiger partial charge in [0.1, 0.15) is 0 Å². The van der Waals surface area contributed by atoms with Crippen LogP contribution in [-0.2, 0) is 14.3 Å². The van der Waals surface area contributed by atoms with Crippen LogP contribution in [-0.4, -0.2) is 32.3 Å². The minimum atomic E-state index is -0.166. The highest BCUT2D eigenvalue weighted by Gasteiger charge is 2.19. The zero-order valence-electron chi connectivity index (χ0n) is 12.3. The van der Waals surface area contributed by atoms with Gasteiger partial charge in [-0.15, -0.1) is 0 Å². The van der Waals surface area contributed by atoms with Crippen LogP contribution in [0.4, 0.5) is 0 Å². The van der Waals surface area contributed by atoms with Crippen LogP contribution in [0.15, 0.2) is 0 Å². The predicted octanol–water partition coefficient (Wildman–Crippen LogP) is 2.36. The van der Waals surface area contributed by atoms with Crippen molar-refractivity contribution < 1.29 is 14.3 Å². The standard InChI is InChI=1S/C14H29NO3/c1-5-7-12(9-15)10-18-13(6-2)8-11(3)14(16)17-4/h11-13H,5-10,15H2,1-4H3. The molecule has 4 heteroatoms. The van der Waals surface area contributed by atoms with Crippen LogP contribution in [0.5, 0.6) is 0 Å². The number of esters is 1. The number of rotatable bonds is 10. The second-order valence-corrected chi connectivity index (χ2v) is 4.91. The van der Waals surface area contributed by atoms with Crippen LogP contribution in [0.2, 0.25) is 0 Å². The van der Waals surface area contributed by atoms with Crippen LogP contribution < -0.4 is 5.73 Å². The van der Waals surface area contributed by atoms with Crippen molar-refractivity contribution in [1.29, 1.82) is 0 Å². The SMILES string of the molecule is CCCC(CN)COC(CC)CC(C)C(=O)OC. The molecule has 0 fully saturated rings. The summed E-state index contributed by atoms with van der Waals surface area (Å²) in [6.45, 7) is 7.46. The van der Waals surface area contributed by atoms with Crippen LogP contribution in [0.3, 0.4) is 0 Å². The topological polar surface area (TPSA) is 61.5 Å². The molecule has 4 nitrogen and oxygen atoms in total. The Hall–Kier alpha value is -0.610. The lowest BCUT2D eigenvalue weighted by Crippen LogP contribution is -2.26. The van der Waals surface area contributed by atoms with E-state index in [0.29, 0.717) is 25.5 Å². The maximum atomic E-state index is 11.4. The molecule has 0 aliphatic carbocycles. The Bertz CT molecular complexity index is 221. The van der Waals surface area contributed by atoms with Crippen molar-refractivity contribution in [2.75, 3.05) is 20.3 Å². The summed E-state index contributed by atoms with van der Waals surface area (Å²) in [7, 11) is 1.42. The Morgan fingerprint density at radius 3 is 2.44 bits per heavy atom. The fourth-order valence-electron chi connectivity index (χ4n) is 1.99. The molecule has 0 aromatic rings. The Kier molecular flexibility index (Phi) is 9.98. The number of methoxy groups -OCH3 is 1. The Morgan fingerprint density at radius 1 is 1.33 bits per heavy atom. The lowest BCUT2D eigenvalue weighted by molar-refractivity contribution is -0.146. The molecule has 0 bridgehead atoms. The first-order chi connectivity index (χ1) is 8.58. The van der Waals surface area contributed by atoms with Crippen molar-refractivity contribution >= 4 is 5.97 Å². The molecule has 18 heavy (non-hydrogen) atoms. The van der Waals surface area contributed by atoms with Gasteiger partial charge >= 0.3 is 5.97 Å². The number of hydrogen-bond acceptors (Lipinski definition) is 4. The molecule has 0 aromatic carbocycles. The highest BCUT2D eigenvalue weighted by atomic mass is 16.5. The van der Waals surface area contributed by atoms with Gasteiger partial charge in [-0.1, -0.05) is 27.2 Å². The monoisotopic (exact) mass is 259 g/mol. The lowest BCUT2D eigenvalue weighted by atomic mass is 10.0. The van der Waals surface area contributed by atoms with Gasteiger partial charge in [-0.2, -0.15) is 0 Å². The average molecular weight is 259 g/mol. The molecule has 3 atom stereocenters.